The second-order valence-corrected chi connectivity index (χ2v) is 11.5. The summed E-state index contributed by atoms with van der Waals surface area (Å²) in [5, 5.41) is 3.05. The smallest absolute Gasteiger partial charge is 0.371 e. The van der Waals surface area contributed by atoms with Gasteiger partial charge in [-0.1, -0.05) is 60.7 Å². The molecule has 0 saturated carbocycles. The fourth-order valence-electron chi connectivity index (χ4n) is 4.22. The zero-order valence-electron chi connectivity index (χ0n) is 17.3. The van der Waals surface area contributed by atoms with Gasteiger partial charge in [-0.2, -0.15) is 0 Å². The second kappa shape index (κ2) is 7.59. The zero-order valence-corrected chi connectivity index (χ0v) is 19.2. The topological polar surface area (TPSA) is 44.8 Å². The largest absolute Gasteiger partial charge is 0.578 e. The molecule has 3 aliphatic heterocycles. The number of rotatable bonds is 8. The summed E-state index contributed by atoms with van der Waals surface area (Å²) in [6.45, 7) is 7.04. The number of hydrogen-bond donors (Lipinski definition) is 0. The lowest BCUT2D eigenvalue weighted by atomic mass is 9.99. The molecular formula is C24H24O4PSi. The molecule has 0 aromatic heterocycles. The van der Waals surface area contributed by atoms with E-state index in [1.54, 1.807) is 0 Å². The van der Waals surface area contributed by atoms with Crippen molar-refractivity contribution in [2.24, 2.45) is 0 Å². The Morgan fingerprint density at radius 2 is 1.30 bits per heavy atom. The van der Waals surface area contributed by atoms with Gasteiger partial charge in [0.1, 0.15) is 0 Å². The van der Waals surface area contributed by atoms with E-state index >= 15 is 0 Å². The Bertz CT molecular complexity index is 1140. The quantitative estimate of drug-likeness (QED) is 0.267. The van der Waals surface area contributed by atoms with Gasteiger partial charge in [0.15, 0.2) is 7.14 Å². The highest BCUT2D eigenvalue weighted by molar-refractivity contribution is 7.95. The second-order valence-electron chi connectivity index (χ2n) is 7.51. The van der Waals surface area contributed by atoms with Crippen LogP contribution in [-0.2, 0) is 17.8 Å². The SMILES string of the molecule is CCO[Si](OCC)OC(C)c1ccc(-c2ccc3c4c2P4(=O)c2ccc-3cc2)cc1. The predicted octanol–water partition coefficient (Wildman–Crippen LogP) is 4.42. The van der Waals surface area contributed by atoms with Crippen molar-refractivity contribution in [2.75, 3.05) is 13.2 Å². The third kappa shape index (κ3) is 3.05. The minimum Gasteiger partial charge on any atom is -0.371 e. The van der Waals surface area contributed by atoms with Crippen molar-refractivity contribution in [3.05, 3.63) is 66.2 Å². The molecule has 3 aliphatic rings. The molecule has 2 bridgehead atoms. The summed E-state index contributed by atoms with van der Waals surface area (Å²) in [7, 11) is -4.29. The van der Waals surface area contributed by atoms with Crippen LogP contribution in [0.5, 0.6) is 0 Å². The van der Waals surface area contributed by atoms with Crippen LogP contribution in [0.1, 0.15) is 32.4 Å². The third-order valence-corrected chi connectivity index (χ3v) is 10.3. The molecule has 0 fully saturated rings. The first-order valence-corrected chi connectivity index (χ1v) is 13.3. The first kappa shape index (κ1) is 19.9. The monoisotopic (exact) mass is 435 g/mol. The van der Waals surface area contributed by atoms with Gasteiger partial charge in [-0.05, 0) is 48.6 Å². The van der Waals surface area contributed by atoms with Crippen molar-refractivity contribution in [2.45, 2.75) is 26.9 Å². The van der Waals surface area contributed by atoms with Crippen LogP contribution in [0.3, 0.4) is 0 Å². The molecule has 1 radical (unpaired) electrons. The lowest BCUT2D eigenvalue weighted by Crippen LogP contribution is -2.28. The average molecular weight is 436 g/mol. The molecule has 153 valence electrons. The maximum atomic E-state index is 13.8. The van der Waals surface area contributed by atoms with E-state index in [9.17, 15) is 4.57 Å². The Kier molecular flexibility index (Phi) is 5.04. The van der Waals surface area contributed by atoms with Crippen LogP contribution in [-0.4, -0.2) is 22.7 Å². The maximum absolute atomic E-state index is 13.8. The molecular weight excluding hydrogens is 411 g/mol. The van der Waals surface area contributed by atoms with Gasteiger partial charge in [-0.25, -0.2) is 0 Å². The highest BCUT2D eigenvalue weighted by Crippen LogP contribution is 2.60. The molecule has 2 unspecified atom stereocenters. The molecule has 0 N–H and O–H groups in total. The number of benzene rings is 3. The molecule has 0 spiro atoms. The van der Waals surface area contributed by atoms with Gasteiger partial charge < -0.3 is 17.8 Å². The van der Waals surface area contributed by atoms with Gasteiger partial charge in [-0.3, -0.25) is 0 Å². The summed E-state index contributed by atoms with van der Waals surface area (Å²) in [5.74, 6) is 0. The van der Waals surface area contributed by atoms with Crippen LogP contribution in [0.15, 0.2) is 60.7 Å². The van der Waals surface area contributed by atoms with Gasteiger partial charge in [0.05, 0.1) is 6.10 Å². The minimum absolute atomic E-state index is 0.122. The zero-order chi connectivity index (χ0) is 20.9. The first-order chi connectivity index (χ1) is 14.6. The Labute approximate surface area is 179 Å². The number of fused-ring (bicyclic) bond motifs is 2. The maximum Gasteiger partial charge on any atom is 0.578 e. The van der Waals surface area contributed by atoms with E-state index in [1.807, 2.05) is 32.9 Å². The van der Waals surface area contributed by atoms with Gasteiger partial charge in [0.2, 0.25) is 0 Å². The lowest BCUT2D eigenvalue weighted by Gasteiger charge is -2.19. The molecule has 0 saturated heterocycles. The summed E-state index contributed by atoms with van der Waals surface area (Å²) < 4.78 is 31.0. The Hall–Kier alpha value is -2.01. The molecule has 6 rings (SSSR count). The van der Waals surface area contributed by atoms with Crippen LogP contribution in [0.2, 0.25) is 0 Å². The molecule has 0 aliphatic carbocycles. The normalized spacial score (nSPS) is 18.9. The Balaban J connectivity index is 1.41. The van der Waals surface area contributed by atoms with Gasteiger partial charge >= 0.3 is 9.53 Å². The van der Waals surface area contributed by atoms with Crippen molar-refractivity contribution in [1.29, 1.82) is 0 Å². The van der Waals surface area contributed by atoms with E-state index < -0.39 is 16.7 Å². The Morgan fingerprint density at radius 1 is 0.800 bits per heavy atom. The van der Waals surface area contributed by atoms with Crippen molar-refractivity contribution in [1.82, 2.24) is 0 Å². The lowest BCUT2D eigenvalue weighted by molar-refractivity contribution is 0.0700. The van der Waals surface area contributed by atoms with E-state index in [2.05, 4.69) is 48.5 Å². The fourth-order valence-corrected chi connectivity index (χ4v) is 8.48. The standard InChI is InChI=1S/C24H24O4PSi/c1-4-26-30(27-5-2)28-16(3)17-6-8-18(9-7-17)21-14-15-22-19-10-12-20(13-11-19)29(25)23(21)24(22)29/h6-16H,4-5H2,1-3H3. The van der Waals surface area contributed by atoms with Crippen molar-refractivity contribution in [3.63, 3.8) is 0 Å². The highest BCUT2D eigenvalue weighted by atomic mass is 31.2. The third-order valence-electron chi connectivity index (χ3n) is 5.76. The van der Waals surface area contributed by atoms with Crippen molar-refractivity contribution < 1.29 is 17.8 Å². The van der Waals surface area contributed by atoms with E-state index in [4.69, 9.17) is 13.3 Å². The summed E-state index contributed by atoms with van der Waals surface area (Å²) in [6, 6.07) is 20.8. The molecule has 4 nitrogen and oxygen atoms in total. The number of hydrogen-bond acceptors (Lipinski definition) is 4. The predicted molar refractivity (Wildman–Crippen MR) is 122 cm³/mol. The summed E-state index contributed by atoms with van der Waals surface area (Å²) in [6.07, 6.45) is -0.122. The van der Waals surface area contributed by atoms with Gasteiger partial charge in [0, 0.05) is 29.1 Å². The van der Waals surface area contributed by atoms with E-state index in [1.165, 1.54) is 0 Å². The fraction of sp³-hybridized carbons (Fsp3) is 0.250. The molecule has 30 heavy (non-hydrogen) atoms. The first-order valence-electron chi connectivity index (χ1n) is 10.4. The average Bonchev–Trinajstić information content (AvgIpc) is 3.45. The molecule has 0 amide bonds. The van der Waals surface area contributed by atoms with Gasteiger partial charge in [0.25, 0.3) is 0 Å². The van der Waals surface area contributed by atoms with Crippen LogP contribution in [0.25, 0.3) is 22.3 Å². The molecule has 6 heteroatoms. The Morgan fingerprint density at radius 3 is 1.80 bits per heavy atom. The summed E-state index contributed by atoms with van der Waals surface area (Å²) >= 11 is 0. The van der Waals surface area contributed by atoms with Crippen LogP contribution < -0.4 is 15.9 Å². The van der Waals surface area contributed by atoms with Crippen LogP contribution in [0.4, 0.5) is 0 Å². The highest BCUT2D eigenvalue weighted by Gasteiger charge is 2.52. The van der Waals surface area contributed by atoms with E-state index in [0.29, 0.717) is 13.2 Å². The van der Waals surface area contributed by atoms with Crippen LogP contribution in [0, 0.1) is 0 Å². The summed E-state index contributed by atoms with van der Waals surface area (Å²) in [5.41, 5.74) is 5.50. The molecule has 3 aromatic carbocycles. The molecule has 3 heterocycles. The van der Waals surface area contributed by atoms with E-state index in [-0.39, 0.29) is 6.10 Å². The summed E-state index contributed by atoms with van der Waals surface area (Å²) in [4.78, 5) is 0. The molecule has 3 aromatic rings. The van der Waals surface area contributed by atoms with Gasteiger partial charge in [-0.15, -0.1) is 0 Å². The van der Waals surface area contributed by atoms with Crippen molar-refractivity contribution in [3.8, 4) is 22.3 Å². The van der Waals surface area contributed by atoms with Crippen molar-refractivity contribution >= 4 is 32.6 Å². The molecule has 2 atom stereocenters. The van der Waals surface area contributed by atoms with Crippen LogP contribution >= 0.6 is 7.14 Å². The minimum atomic E-state index is -2.56. The van der Waals surface area contributed by atoms with E-state index in [0.717, 1.165) is 43.7 Å².